The van der Waals surface area contributed by atoms with Crippen LogP contribution in [0.25, 0.3) is 0 Å². The predicted octanol–water partition coefficient (Wildman–Crippen LogP) is 6.26. The number of amides is 1. The summed E-state index contributed by atoms with van der Waals surface area (Å²) >= 11 is 5.78. The molecule has 0 spiro atoms. The van der Waals surface area contributed by atoms with Crippen LogP contribution in [-0.4, -0.2) is 47.5 Å². The first-order valence-electron chi connectivity index (χ1n) is 13.2. The molecule has 0 aromatic heterocycles. The third-order valence-electron chi connectivity index (χ3n) is 8.36. The third kappa shape index (κ3) is 5.58. The van der Waals surface area contributed by atoms with Crippen molar-refractivity contribution >= 4 is 17.5 Å². The lowest BCUT2D eigenvalue weighted by molar-refractivity contribution is -0.137. The molecular weight excluding hydrogens is 525 g/mol. The first-order chi connectivity index (χ1) is 18.5. The molecule has 1 saturated carbocycles. The van der Waals surface area contributed by atoms with E-state index in [-0.39, 0.29) is 22.4 Å². The van der Waals surface area contributed by atoms with Crippen LogP contribution in [0.3, 0.4) is 0 Å². The predicted molar refractivity (Wildman–Crippen MR) is 145 cm³/mol. The van der Waals surface area contributed by atoms with Gasteiger partial charge < -0.3 is 14.9 Å². The van der Waals surface area contributed by atoms with E-state index in [1.165, 1.54) is 12.1 Å². The van der Waals surface area contributed by atoms with Gasteiger partial charge in [0, 0.05) is 33.2 Å². The van der Waals surface area contributed by atoms with Gasteiger partial charge in [-0.2, -0.15) is 13.2 Å². The number of hydrogen-bond acceptors (Lipinski definition) is 3. The van der Waals surface area contributed by atoms with E-state index in [0.29, 0.717) is 39.0 Å². The number of likely N-dealkylation sites (tertiary alicyclic amines) is 1. The van der Waals surface area contributed by atoms with Crippen LogP contribution in [-0.2, 0) is 28.5 Å². The average molecular weight is 557 g/mol. The molecule has 1 aliphatic carbocycles. The number of likely N-dealkylation sites (N-methyl/N-ethyl adjacent to an activating group) is 1. The summed E-state index contributed by atoms with van der Waals surface area (Å²) in [4.78, 5) is 17.9. The Kier molecular flexibility index (Phi) is 7.53. The molecule has 1 N–H and O–H groups in total. The molecule has 5 rings (SSSR count). The number of benzene rings is 3. The van der Waals surface area contributed by atoms with Crippen LogP contribution >= 0.6 is 11.6 Å². The molecule has 2 atom stereocenters. The molecule has 8 heteroatoms. The zero-order valence-electron chi connectivity index (χ0n) is 21.8. The average Bonchev–Trinajstić information content (AvgIpc) is 3.65. The summed E-state index contributed by atoms with van der Waals surface area (Å²) in [5.41, 5.74) is -0.569. The molecule has 4 nitrogen and oxygen atoms in total. The largest absolute Gasteiger partial charge is 0.417 e. The minimum absolute atomic E-state index is 0.0944. The second-order valence-corrected chi connectivity index (χ2v) is 11.3. The number of alkyl halides is 3. The van der Waals surface area contributed by atoms with E-state index in [9.17, 15) is 23.1 Å². The maximum atomic E-state index is 13.9. The maximum absolute atomic E-state index is 13.9. The van der Waals surface area contributed by atoms with Crippen LogP contribution in [0.1, 0.15) is 41.5 Å². The van der Waals surface area contributed by atoms with Crippen LogP contribution in [0, 0.1) is 5.92 Å². The molecule has 206 valence electrons. The molecule has 39 heavy (non-hydrogen) atoms. The fourth-order valence-electron chi connectivity index (χ4n) is 6.03. The quantitative estimate of drug-likeness (QED) is 0.374. The van der Waals surface area contributed by atoms with Gasteiger partial charge in [0.15, 0.2) is 0 Å². The Morgan fingerprint density at radius 3 is 2.23 bits per heavy atom. The molecule has 1 saturated heterocycles. The SMILES string of the molecule is CN(Cc1ccccc1)C(=O)[C@@]1(c2ccccc2)C[C@H]1CN1CCC(O)(c2ccc(Cl)c(C(F)(F)F)c2)CC1. The van der Waals surface area contributed by atoms with Crippen LogP contribution in [0.5, 0.6) is 0 Å². The summed E-state index contributed by atoms with van der Waals surface area (Å²) in [7, 11) is 1.84. The van der Waals surface area contributed by atoms with E-state index in [4.69, 9.17) is 11.6 Å². The maximum Gasteiger partial charge on any atom is 0.417 e. The summed E-state index contributed by atoms with van der Waals surface area (Å²) in [6.07, 6.45) is -3.24. The van der Waals surface area contributed by atoms with Gasteiger partial charge in [-0.15, -0.1) is 0 Å². The van der Waals surface area contributed by atoms with E-state index in [1.807, 2.05) is 67.7 Å². The van der Waals surface area contributed by atoms with Crippen LogP contribution in [0.4, 0.5) is 13.2 Å². The first kappa shape index (κ1) is 27.7. The highest BCUT2D eigenvalue weighted by molar-refractivity contribution is 6.31. The summed E-state index contributed by atoms with van der Waals surface area (Å²) in [6.45, 7) is 2.26. The van der Waals surface area contributed by atoms with Crippen molar-refractivity contribution in [2.75, 3.05) is 26.7 Å². The Balaban J connectivity index is 1.28. The summed E-state index contributed by atoms with van der Waals surface area (Å²) in [6, 6.07) is 23.5. The van der Waals surface area contributed by atoms with Crippen LogP contribution in [0.15, 0.2) is 78.9 Å². The zero-order chi connectivity index (χ0) is 27.8. The Labute approximate surface area is 232 Å². The minimum atomic E-state index is -4.59. The molecule has 1 amide bonds. The van der Waals surface area contributed by atoms with Crippen molar-refractivity contribution in [3.8, 4) is 0 Å². The number of carbonyl (C=O) groups excluding carboxylic acids is 1. The monoisotopic (exact) mass is 556 g/mol. The number of hydrogen-bond donors (Lipinski definition) is 1. The number of carbonyl (C=O) groups is 1. The minimum Gasteiger partial charge on any atom is -0.385 e. The second-order valence-electron chi connectivity index (χ2n) is 10.9. The van der Waals surface area contributed by atoms with Crippen LogP contribution in [0.2, 0.25) is 5.02 Å². The molecule has 1 heterocycles. The lowest BCUT2D eigenvalue weighted by Crippen LogP contribution is -2.44. The summed E-state index contributed by atoms with van der Waals surface area (Å²) in [5, 5.41) is 10.9. The van der Waals surface area contributed by atoms with Crippen molar-refractivity contribution in [1.29, 1.82) is 0 Å². The molecular formula is C31H32ClF3N2O2. The number of halogens is 4. The molecule has 0 unspecified atom stereocenters. The van der Waals surface area contributed by atoms with E-state index < -0.39 is 22.8 Å². The molecule has 0 radical (unpaired) electrons. The fraction of sp³-hybridized carbons (Fsp3) is 0.387. The van der Waals surface area contributed by atoms with Crippen molar-refractivity contribution < 1.29 is 23.1 Å². The van der Waals surface area contributed by atoms with Crippen molar-refractivity contribution in [2.24, 2.45) is 5.92 Å². The lowest BCUT2D eigenvalue weighted by Gasteiger charge is -2.39. The van der Waals surface area contributed by atoms with Crippen molar-refractivity contribution in [1.82, 2.24) is 9.80 Å². The summed E-state index contributed by atoms with van der Waals surface area (Å²) < 4.78 is 40.2. The standard InChI is InChI=1S/C31H32ClF3N2O2/c1-36(20-22-8-4-2-5-9-22)28(38)30(23-10-6-3-7-11-23)19-25(30)21-37-16-14-29(39,15-17-37)24-12-13-27(32)26(18-24)31(33,34)35/h2-13,18,25,39H,14-17,19-21H2,1H3/t25-,30+/m0/s1. The van der Waals surface area contributed by atoms with Gasteiger partial charge in [-0.3, -0.25) is 4.79 Å². The van der Waals surface area contributed by atoms with Gasteiger partial charge in [0.2, 0.25) is 5.91 Å². The zero-order valence-corrected chi connectivity index (χ0v) is 22.6. The Morgan fingerprint density at radius 2 is 1.62 bits per heavy atom. The molecule has 1 aliphatic heterocycles. The lowest BCUT2D eigenvalue weighted by atomic mass is 9.83. The smallest absolute Gasteiger partial charge is 0.385 e. The van der Waals surface area contributed by atoms with Gasteiger partial charge in [-0.25, -0.2) is 0 Å². The molecule has 3 aromatic carbocycles. The molecule has 2 fully saturated rings. The van der Waals surface area contributed by atoms with Gasteiger partial charge in [-0.05, 0) is 54.0 Å². The van der Waals surface area contributed by atoms with Gasteiger partial charge in [0.1, 0.15) is 0 Å². The van der Waals surface area contributed by atoms with Gasteiger partial charge in [-0.1, -0.05) is 78.3 Å². The molecule has 2 aliphatic rings. The fourth-order valence-corrected chi connectivity index (χ4v) is 6.26. The first-order valence-corrected chi connectivity index (χ1v) is 13.6. The third-order valence-corrected chi connectivity index (χ3v) is 8.69. The van der Waals surface area contributed by atoms with Crippen molar-refractivity contribution in [3.05, 3.63) is 106 Å². The van der Waals surface area contributed by atoms with Gasteiger partial charge >= 0.3 is 6.18 Å². The topological polar surface area (TPSA) is 43.8 Å². The highest BCUT2D eigenvalue weighted by Crippen LogP contribution is 2.56. The van der Waals surface area contributed by atoms with Crippen molar-refractivity contribution in [2.45, 2.75) is 43.0 Å². The van der Waals surface area contributed by atoms with E-state index in [1.54, 1.807) is 4.90 Å². The highest BCUT2D eigenvalue weighted by Gasteiger charge is 2.62. The normalized spacial score (nSPS) is 22.9. The Bertz CT molecular complexity index is 1310. The second kappa shape index (κ2) is 10.6. The highest BCUT2D eigenvalue weighted by atomic mass is 35.5. The number of piperidine rings is 1. The van der Waals surface area contributed by atoms with E-state index >= 15 is 0 Å². The number of rotatable bonds is 7. The van der Waals surface area contributed by atoms with Gasteiger partial charge in [0.05, 0.1) is 21.6 Å². The number of aliphatic hydroxyl groups is 1. The Morgan fingerprint density at radius 1 is 1.00 bits per heavy atom. The van der Waals surface area contributed by atoms with Gasteiger partial charge in [0.25, 0.3) is 0 Å². The van der Waals surface area contributed by atoms with Crippen LogP contribution < -0.4 is 0 Å². The van der Waals surface area contributed by atoms with E-state index in [0.717, 1.165) is 23.6 Å². The number of nitrogens with zero attached hydrogens (tertiary/aromatic N) is 2. The molecule has 3 aromatic rings. The molecule has 0 bridgehead atoms. The summed E-state index contributed by atoms with van der Waals surface area (Å²) in [5.74, 6) is 0.209. The van der Waals surface area contributed by atoms with E-state index in [2.05, 4.69) is 4.90 Å². The van der Waals surface area contributed by atoms with Crippen molar-refractivity contribution in [3.63, 3.8) is 0 Å². The Hall–Kier alpha value is -2.87.